The summed E-state index contributed by atoms with van der Waals surface area (Å²) < 4.78 is 0. The molecule has 2 amide bonds. The molecule has 0 aromatic heterocycles. The second-order valence-electron chi connectivity index (χ2n) is 4.85. The van der Waals surface area contributed by atoms with Crippen LogP contribution in [-0.4, -0.2) is 58.4 Å². The molecule has 18 heavy (non-hydrogen) atoms. The Balaban J connectivity index is 1.92. The zero-order valence-corrected chi connectivity index (χ0v) is 11.2. The standard InChI is InChI=1S/C11H18N4O2S/c1-7-10(17)15(11(18)13-7)8-2-4-14(5-3-8)6-9(12)16/h7-8H,2-6H2,1H3,(H2,12,16)(H,13,18)/t7-/m0/s1. The first-order valence-electron chi connectivity index (χ1n) is 6.13. The van der Waals surface area contributed by atoms with E-state index in [1.54, 1.807) is 4.90 Å². The fraction of sp³-hybridized carbons (Fsp3) is 0.727. The lowest BCUT2D eigenvalue weighted by Gasteiger charge is -2.35. The van der Waals surface area contributed by atoms with Gasteiger partial charge in [-0.3, -0.25) is 19.4 Å². The number of thiocarbonyl (C=S) groups is 1. The van der Waals surface area contributed by atoms with Crippen molar-refractivity contribution in [2.45, 2.75) is 31.8 Å². The number of likely N-dealkylation sites (tertiary alicyclic amines) is 1. The third kappa shape index (κ3) is 2.62. The second kappa shape index (κ2) is 5.19. The van der Waals surface area contributed by atoms with Crippen LogP contribution in [0.4, 0.5) is 0 Å². The van der Waals surface area contributed by atoms with E-state index >= 15 is 0 Å². The van der Waals surface area contributed by atoms with Crippen molar-refractivity contribution in [2.75, 3.05) is 19.6 Å². The van der Waals surface area contributed by atoms with Gasteiger partial charge in [-0.15, -0.1) is 0 Å². The third-order valence-corrected chi connectivity index (χ3v) is 3.78. The first-order valence-corrected chi connectivity index (χ1v) is 6.54. The average Bonchev–Trinajstić information content (AvgIpc) is 2.54. The van der Waals surface area contributed by atoms with Crippen LogP contribution in [0.1, 0.15) is 19.8 Å². The predicted octanol–water partition coefficient (Wildman–Crippen LogP) is -0.959. The number of carbonyl (C=O) groups excluding carboxylic acids is 2. The van der Waals surface area contributed by atoms with Crippen molar-refractivity contribution in [1.29, 1.82) is 0 Å². The molecule has 0 saturated carbocycles. The van der Waals surface area contributed by atoms with Crippen molar-refractivity contribution in [3.8, 4) is 0 Å². The Morgan fingerprint density at radius 3 is 2.56 bits per heavy atom. The molecular weight excluding hydrogens is 252 g/mol. The molecule has 0 bridgehead atoms. The van der Waals surface area contributed by atoms with Gasteiger partial charge in [-0.05, 0) is 32.0 Å². The maximum atomic E-state index is 12.0. The molecule has 1 atom stereocenters. The van der Waals surface area contributed by atoms with E-state index in [1.165, 1.54) is 0 Å². The number of hydrogen-bond acceptors (Lipinski definition) is 4. The second-order valence-corrected chi connectivity index (χ2v) is 5.24. The maximum absolute atomic E-state index is 12.0. The van der Waals surface area contributed by atoms with Gasteiger partial charge in [0.1, 0.15) is 6.04 Å². The Morgan fingerprint density at radius 2 is 2.11 bits per heavy atom. The minimum absolute atomic E-state index is 0.0494. The van der Waals surface area contributed by atoms with E-state index in [2.05, 4.69) is 5.32 Å². The minimum atomic E-state index is -0.309. The lowest BCUT2D eigenvalue weighted by molar-refractivity contribution is -0.129. The predicted molar refractivity (Wildman–Crippen MR) is 70.7 cm³/mol. The third-order valence-electron chi connectivity index (χ3n) is 3.47. The molecule has 0 aliphatic carbocycles. The number of carbonyl (C=O) groups is 2. The summed E-state index contributed by atoms with van der Waals surface area (Å²) >= 11 is 5.18. The van der Waals surface area contributed by atoms with E-state index in [-0.39, 0.29) is 23.9 Å². The largest absolute Gasteiger partial charge is 0.369 e. The van der Waals surface area contributed by atoms with Gasteiger partial charge in [-0.2, -0.15) is 0 Å². The van der Waals surface area contributed by atoms with Crippen LogP contribution >= 0.6 is 12.2 Å². The maximum Gasteiger partial charge on any atom is 0.251 e. The van der Waals surface area contributed by atoms with Crippen LogP contribution in [0.3, 0.4) is 0 Å². The molecule has 7 heteroatoms. The molecular formula is C11H18N4O2S. The highest BCUT2D eigenvalue weighted by molar-refractivity contribution is 7.80. The summed E-state index contributed by atoms with van der Waals surface area (Å²) in [4.78, 5) is 26.5. The van der Waals surface area contributed by atoms with Gasteiger partial charge >= 0.3 is 0 Å². The van der Waals surface area contributed by atoms with Crippen LogP contribution in [0.2, 0.25) is 0 Å². The monoisotopic (exact) mass is 270 g/mol. The van der Waals surface area contributed by atoms with Crippen LogP contribution in [0.5, 0.6) is 0 Å². The smallest absolute Gasteiger partial charge is 0.251 e. The van der Waals surface area contributed by atoms with Gasteiger partial charge in [0.05, 0.1) is 6.54 Å². The Hall–Kier alpha value is -1.21. The van der Waals surface area contributed by atoms with Crippen LogP contribution in [-0.2, 0) is 9.59 Å². The van der Waals surface area contributed by atoms with Crippen LogP contribution in [0.25, 0.3) is 0 Å². The Labute approximate surface area is 111 Å². The summed E-state index contributed by atoms with van der Waals surface area (Å²) in [6.07, 6.45) is 1.65. The van der Waals surface area contributed by atoms with Crippen molar-refractivity contribution in [3.05, 3.63) is 0 Å². The summed E-state index contributed by atoms with van der Waals surface area (Å²) in [5, 5.41) is 3.51. The van der Waals surface area contributed by atoms with Crippen molar-refractivity contribution in [3.63, 3.8) is 0 Å². The quantitative estimate of drug-likeness (QED) is 0.646. The fourth-order valence-electron chi connectivity index (χ4n) is 2.53. The zero-order chi connectivity index (χ0) is 13.3. The van der Waals surface area contributed by atoms with Gasteiger partial charge in [-0.1, -0.05) is 0 Å². The number of nitrogens with zero attached hydrogens (tertiary/aromatic N) is 2. The van der Waals surface area contributed by atoms with E-state index in [4.69, 9.17) is 18.0 Å². The van der Waals surface area contributed by atoms with Gasteiger partial charge in [0.15, 0.2) is 5.11 Å². The summed E-state index contributed by atoms with van der Waals surface area (Å²) in [5.74, 6) is -0.259. The number of piperidine rings is 1. The normalized spacial score (nSPS) is 26.5. The van der Waals surface area contributed by atoms with Gasteiger partial charge in [0.25, 0.3) is 5.91 Å². The Kier molecular flexibility index (Phi) is 3.82. The number of amides is 2. The molecule has 0 spiro atoms. The Bertz CT molecular complexity index is 379. The summed E-state index contributed by atoms with van der Waals surface area (Å²) in [5.41, 5.74) is 5.17. The summed E-state index contributed by atoms with van der Waals surface area (Å²) in [6, 6.07) is -0.0762. The molecule has 2 fully saturated rings. The molecule has 2 heterocycles. The summed E-state index contributed by atoms with van der Waals surface area (Å²) in [6.45, 7) is 3.65. The number of primary amides is 1. The van der Waals surface area contributed by atoms with Crippen molar-refractivity contribution < 1.29 is 9.59 Å². The molecule has 0 radical (unpaired) electrons. The van der Waals surface area contributed by atoms with Gasteiger partial charge in [0.2, 0.25) is 5.91 Å². The SMILES string of the molecule is C[C@@H]1NC(=S)N(C2CCN(CC(N)=O)CC2)C1=O. The first kappa shape index (κ1) is 13.2. The van der Waals surface area contributed by atoms with Gasteiger partial charge in [-0.25, -0.2) is 0 Å². The van der Waals surface area contributed by atoms with Crippen molar-refractivity contribution in [1.82, 2.24) is 15.1 Å². The molecule has 3 N–H and O–H groups in total. The van der Waals surface area contributed by atoms with E-state index in [0.29, 0.717) is 11.7 Å². The van der Waals surface area contributed by atoms with E-state index in [1.807, 2.05) is 11.8 Å². The Morgan fingerprint density at radius 1 is 1.50 bits per heavy atom. The van der Waals surface area contributed by atoms with Crippen molar-refractivity contribution >= 4 is 29.1 Å². The highest BCUT2D eigenvalue weighted by Gasteiger charge is 2.38. The topological polar surface area (TPSA) is 78.7 Å². The molecule has 2 aliphatic rings. The van der Waals surface area contributed by atoms with Crippen LogP contribution in [0.15, 0.2) is 0 Å². The highest BCUT2D eigenvalue weighted by Crippen LogP contribution is 2.20. The molecule has 2 saturated heterocycles. The minimum Gasteiger partial charge on any atom is -0.369 e. The van der Waals surface area contributed by atoms with Crippen LogP contribution in [0, 0.1) is 0 Å². The van der Waals surface area contributed by atoms with E-state index in [9.17, 15) is 9.59 Å². The molecule has 100 valence electrons. The summed E-state index contributed by atoms with van der Waals surface area (Å²) in [7, 11) is 0. The first-order chi connectivity index (χ1) is 8.49. The fourth-order valence-corrected chi connectivity index (χ4v) is 2.94. The van der Waals surface area contributed by atoms with Gasteiger partial charge < -0.3 is 11.1 Å². The van der Waals surface area contributed by atoms with E-state index in [0.717, 1.165) is 25.9 Å². The number of rotatable bonds is 3. The number of hydrogen-bond donors (Lipinski definition) is 2. The van der Waals surface area contributed by atoms with Crippen LogP contribution < -0.4 is 11.1 Å². The lowest BCUT2D eigenvalue weighted by Crippen LogP contribution is -2.49. The van der Waals surface area contributed by atoms with E-state index < -0.39 is 0 Å². The van der Waals surface area contributed by atoms with Crippen molar-refractivity contribution in [2.24, 2.45) is 5.73 Å². The molecule has 2 rings (SSSR count). The number of nitrogens with two attached hydrogens (primary N) is 1. The highest BCUT2D eigenvalue weighted by atomic mass is 32.1. The molecule has 0 unspecified atom stereocenters. The average molecular weight is 270 g/mol. The lowest BCUT2D eigenvalue weighted by atomic mass is 10.0. The molecule has 0 aromatic rings. The van der Waals surface area contributed by atoms with Gasteiger partial charge in [0, 0.05) is 19.1 Å². The molecule has 0 aromatic carbocycles. The molecule has 2 aliphatic heterocycles. The number of nitrogens with one attached hydrogen (secondary N) is 1. The molecule has 6 nitrogen and oxygen atoms in total. The zero-order valence-electron chi connectivity index (χ0n) is 10.4.